The summed E-state index contributed by atoms with van der Waals surface area (Å²) in [5, 5.41) is 0. The highest BCUT2D eigenvalue weighted by molar-refractivity contribution is 7.99. The molecule has 0 aliphatic carbocycles. The maximum absolute atomic E-state index is 6.06. The van der Waals surface area contributed by atoms with Crippen molar-refractivity contribution >= 4 is 11.8 Å². The largest absolute Gasteiger partial charge is 0.327 e. The average molecular weight is 189 g/mol. The predicted octanol–water partition coefficient (Wildman–Crippen LogP) is 2.89. The van der Waals surface area contributed by atoms with Crippen LogP contribution in [-0.4, -0.2) is 17.5 Å². The normalized spacial score (nSPS) is 13.8. The SMILES string of the molecule is CCCSCC(N)C(CC)CC. The van der Waals surface area contributed by atoms with Gasteiger partial charge in [0.1, 0.15) is 0 Å². The standard InChI is InChI=1S/C10H23NS/c1-4-7-12-8-10(11)9(5-2)6-3/h9-10H,4-8,11H2,1-3H3. The Morgan fingerprint density at radius 3 is 2.17 bits per heavy atom. The van der Waals surface area contributed by atoms with E-state index in [0.717, 1.165) is 11.7 Å². The Morgan fingerprint density at radius 1 is 1.17 bits per heavy atom. The van der Waals surface area contributed by atoms with Gasteiger partial charge in [-0.2, -0.15) is 11.8 Å². The molecule has 74 valence electrons. The second-order valence-corrected chi connectivity index (χ2v) is 4.47. The summed E-state index contributed by atoms with van der Waals surface area (Å²) in [6, 6.07) is 0.413. The second kappa shape index (κ2) is 7.93. The molecular formula is C10H23NS. The minimum atomic E-state index is 0.413. The van der Waals surface area contributed by atoms with E-state index in [0.29, 0.717) is 6.04 Å². The van der Waals surface area contributed by atoms with Crippen LogP contribution in [0.1, 0.15) is 40.0 Å². The maximum Gasteiger partial charge on any atom is 0.0158 e. The summed E-state index contributed by atoms with van der Waals surface area (Å²) < 4.78 is 0. The van der Waals surface area contributed by atoms with Gasteiger partial charge in [-0.05, 0) is 18.1 Å². The average Bonchev–Trinajstić information content (AvgIpc) is 2.07. The summed E-state index contributed by atoms with van der Waals surface area (Å²) in [7, 11) is 0. The van der Waals surface area contributed by atoms with Crippen LogP contribution in [-0.2, 0) is 0 Å². The molecule has 0 spiro atoms. The lowest BCUT2D eigenvalue weighted by Crippen LogP contribution is -2.31. The van der Waals surface area contributed by atoms with Gasteiger partial charge in [-0.25, -0.2) is 0 Å². The highest BCUT2D eigenvalue weighted by Gasteiger charge is 2.12. The third-order valence-corrected chi connectivity index (χ3v) is 3.63. The molecule has 12 heavy (non-hydrogen) atoms. The number of rotatable bonds is 7. The Labute approximate surface area is 81.5 Å². The lowest BCUT2D eigenvalue weighted by Gasteiger charge is -2.20. The molecule has 0 fully saturated rings. The predicted molar refractivity (Wildman–Crippen MR) is 59.7 cm³/mol. The Balaban J connectivity index is 3.47. The minimum Gasteiger partial charge on any atom is -0.327 e. The molecule has 0 aromatic heterocycles. The minimum absolute atomic E-state index is 0.413. The Kier molecular flexibility index (Phi) is 8.14. The molecule has 0 rings (SSSR count). The van der Waals surface area contributed by atoms with Crippen LogP contribution in [0.15, 0.2) is 0 Å². The van der Waals surface area contributed by atoms with E-state index in [9.17, 15) is 0 Å². The topological polar surface area (TPSA) is 26.0 Å². The molecule has 1 atom stereocenters. The molecule has 0 saturated carbocycles. The monoisotopic (exact) mass is 189 g/mol. The molecule has 0 heterocycles. The smallest absolute Gasteiger partial charge is 0.0158 e. The maximum atomic E-state index is 6.06. The van der Waals surface area contributed by atoms with Crippen molar-refractivity contribution in [2.24, 2.45) is 11.7 Å². The first-order valence-electron chi connectivity index (χ1n) is 5.09. The summed E-state index contributed by atoms with van der Waals surface area (Å²) >= 11 is 2.00. The molecule has 0 aromatic rings. The van der Waals surface area contributed by atoms with Crippen LogP contribution in [0, 0.1) is 5.92 Å². The van der Waals surface area contributed by atoms with Gasteiger partial charge in [-0.1, -0.05) is 33.6 Å². The summed E-state index contributed by atoms with van der Waals surface area (Å²) in [6.07, 6.45) is 3.72. The fraction of sp³-hybridized carbons (Fsp3) is 1.00. The molecular weight excluding hydrogens is 166 g/mol. The zero-order chi connectivity index (χ0) is 9.40. The molecule has 0 radical (unpaired) electrons. The van der Waals surface area contributed by atoms with Crippen molar-refractivity contribution in [3.8, 4) is 0 Å². The van der Waals surface area contributed by atoms with E-state index in [-0.39, 0.29) is 0 Å². The lowest BCUT2D eigenvalue weighted by atomic mass is 9.96. The van der Waals surface area contributed by atoms with Crippen molar-refractivity contribution in [3.05, 3.63) is 0 Å². The zero-order valence-electron chi connectivity index (χ0n) is 8.68. The van der Waals surface area contributed by atoms with Gasteiger partial charge in [0, 0.05) is 11.8 Å². The summed E-state index contributed by atoms with van der Waals surface area (Å²) in [5.74, 6) is 3.13. The molecule has 0 aliphatic heterocycles. The van der Waals surface area contributed by atoms with Gasteiger partial charge in [-0.3, -0.25) is 0 Å². The molecule has 1 unspecified atom stereocenters. The van der Waals surface area contributed by atoms with E-state index in [1.807, 2.05) is 11.8 Å². The highest BCUT2D eigenvalue weighted by atomic mass is 32.2. The van der Waals surface area contributed by atoms with Crippen molar-refractivity contribution in [3.63, 3.8) is 0 Å². The van der Waals surface area contributed by atoms with Crippen molar-refractivity contribution in [2.75, 3.05) is 11.5 Å². The Hall–Kier alpha value is 0.310. The first kappa shape index (κ1) is 12.3. The molecule has 0 bridgehead atoms. The number of thioether (sulfide) groups is 1. The molecule has 0 aromatic carbocycles. The fourth-order valence-corrected chi connectivity index (χ4v) is 2.39. The van der Waals surface area contributed by atoms with Crippen molar-refractivity contribution in [1.29, 1.82) is 0 Å². The van der Waals surface area contributed by atoms with Crippen LogP contribution in [0.5, 0.6) is 0 Å². The molecule has 0 amide bonds. The number of hydrogen-bond acceptors (Lipinski definition) is 2. The fourth-order valence-electron chi connectivity index (χ4n) is 1.39. The lowest BCUT2D eigenvalue weighted by molar-refractivity contribution is 0.422. The first-order valence-corrected chi connectivity index (χ1v) is 6.24. The number of hydrogen-bond donors (Lipinski definition) is 1. The van der Waals surface area contributed by atoms with E-state index in [1.165, 1.54) is 25.0 Å². The van der Waals surface area contributed by atoms with Crippen LogP contribution in [0.25, 0.3) is 0 Å². The quantitative estimate of drug-likeness (QED) is 0.623. The van der Waals surface area contributed by atoms with Crippen molar-refractivity contribution in [2.45, 2.75) is 46.1 Å². The van der Waals surface area contributed by atoms with E-state index < -0.39 is 0 Å². The second-order valence-electron chi connectivity index (χ2n) is 3.32. The summed E-state index contributed by atoms with van der Waals surface area (Å²) in [6.45, 7) is 6.69. The van der Waals surface area contributed by atoms with Crippen LogP contribution >= 0.6 is 11.8 Å². The Morgan fingerprint density at radius 2 is 1.75 bits per heavy atom. The van der Waals surface area contributed by atoms with Gasteiger partial charge in [0.2, 0.25) is 0 Å². The molecule has 0 aliphatic rings. The zero-order valence-corrected chi connectivity index (χ0v) is 9.49. The first-order chi connectivity index (χ1) is 5.76. The third-order valence-electron chi connectivity index (χ3n) is 2.31. The molecule has 0 saturated heterocycles. The van der Waals surface area contributed by atoms with Gasteiger partial charge in [0.05, 0.1) is 0 Å². The van der Waals surface area contributed by atoms with Crippen LogP contribution in [0.4, 0.5) is 0 Å². The van der Waals surface area contributed by atoms with E-state index in [4.69, 9.17) is 5.73 Å². The summed E-state index contributed by atoms with van der Waals surface area (Å²) in [4.78, 5) is 0. The van der Waals surface area contributed by atoms with E-state index in [2.05, 4.69) is 20.8 Å². The van der Waals surface area contributed by atoms with Crippen LogP contribution in [0.3, 0.4) is 0 Å². The molecule has 2 N–H and O–H groups in total. The van der Waals surface area contributed by atoms with Gasteiger partial charge in [-0.15, -0.1) is 0 Å². The Bertz CT molecular complexity index is 91.8. The highest BCUT2D eigenvalue weighted by Crippen LogP contribution is 2.15. The van der Waals surface area contributed by atoms with E-state index in [1.54, 1.807) is 0 Å². The van der Waals surface area contributed by atoms with Gasteiger partial charge in [0.25, 0.3) is 0 Å². The number of nitrogens with two attached hydrogens (primary N) is 1. The van der Waals surface area contributed by atoms with E-state index >= 15 is 0 Å². The summed E-state index contributed by atoms with van der Waals surface area (Å²) in [5.41, 5.74) is 6.06. The van der Waals surface area contributed by atoms with Crippen molar-refractivity contribution < 1.29 is 0 Å². The molecule has 1 nitrogen and oxygen atoms in total. The van der Waals surface area contributed by atoms with Gasteiger partial charge in [0.15, 0.2) is 0 Å². The third kappa shape index (κ3) is 5.04. The van der Waals surface area contributed by atoms with Gasteiger partial charge < -0.3 is 5.73 Å². The van der Waals surface area contributed by atoms with Crippen LogP contribution in [0.2, 0.25) is 0 Å². The molecule has 2 heteroatoms. The van der Waals surface area contributed by atoms with Gasteiger partial charge >= 0.3 is 0 Å². The van der Waals surface area contributed by atoms with Crippen LogP contribution < -0.4 is 5.73 Å². The van der Waals surface area contributed by atoms with Crippen molar-refractivity contribution in [1.82, 2.24) is 0 Å².